The fourth-order valence-corrected chi connectivity index (χ4v) is 3.50. The number of rotatable bonds is 5. The van der Waals surface area contributed by atoms with Crippen molar-refractivity contribution in [2.45, 2.75) is 52.7 Å². The Bertz CT molecular complexity index is 1210. The number of nitrogens with one attached hydrogen (secondary N) is 1. The van der Waals surface area contributed by atoms with Crippen LogP contribution in [0.5, 0.6) is 0 Å². The first kappa shape index (κ1) is 23.1. The molecule has 3 aromatic rings. The van der Waals surface area contributed by atoms with Gasteiger partial charge in [-0.15, -0.1) is 0 Å². The van der Waals surface area contributed by atoms with Crippen LogP contribution in [0, 0.1) is 12.5 Å². The summed E-state index contributed by atoms with van der Waals surface area (Å²) in [6, 6.07) is 13.8. The predicted octanol–water partition coefficient (Wildman–Crippen LogP) is 6.16. The van der Waals surface area contributed by atoms with E-state index in [0.717, 1.165) is 5.56 Å². The van der Waals surface area contributed by atoms with Crippen LogP contribution >= 0.6 is 0 Å². The van der Waals surface area contributed by atoms with Gasteiger partial charge in [0.15, 0.2) is 11.1 Å². The minimum absolute atomic E-state index is 0.0818. The van der Waals surface area contributed by atoms with Gasteiger partial charge in [-0.25, -0.2) is 9.64 Å². The van der Waals surface area contributed by atoms with Crippen molar-refractivity contribution in [3.63, 3.8) is 0 Å². The number of alkyl carbamates (subject to hydrolysis) is 1. The molecule has 2 aromatic carbocycles. The van der Waals surface area contributed by atoms with E-state index in [0.29, 0.717) is 34.4 Å². The molecule has 1 amide bonds. The molecule has 32 heavy (non-hydrogen) atoms. The molecule has 0 aliphatic carbocycles. The topological polar surface area (TPSA) is 72.9 Å². The van der Waals surface area contributed by atoms with Crippen molar-refractivity contribution in [1.82, 2.24) is 5.32 Å². The van der Waals surface area contributed by atoms with Crippen molar-refractivity contribution in [1.29, 1.82) is 0 Å². The van der Waals surface area contributed by atoms with Crippen LogP contribution in [0.1, 0.15) is 57.5 Å². The number of hydrogen-bond donors (Lipinski definition) is 1. The Balaban J connectivity index is 2.18. The minimum atomic E-state index is -0.659. The summed E-state index contributed by atoms with van der Waals surface area (Å²) in [5, 5.41) is 3.29. The Labute approximate surface area is 188 Å². The second-order valence-electron chi connectivity index (χ2n) is 9.10. The van der Waals surface area contributed by atoms with Crippen molar-refractivity contribution >= 4 is 22.7 Å². The Kier molecular flexibility index (Phi) is 6.69. The third kappa shape index (κ3) is 5.36. The molecule has 0 fully saturated rings. The quantitative estimate of drug-likeness (QED) is 0.490. The Morgan fingerprint density at radius 3 is 2.44 bits per heavy atom. The number of carbonyl (C=O) groups is 1. The van der Waals surface area contributed by atoms with Crippen molar-refractivity contribution in [2.24, 2.45) is 5.92 Å². The number of nitrogens with zero attached hydrogens (tertiary/aromatic N) is 1. The van der Waals surface area contributed by atoms with Gasteiger partial charge in [0.2, 0.25) is 0 Å². The molecule has 0 spiro atoms. The Morgan fingerprint density at radius 2 is 1.84 bits per heavy atom. The monoisotopic (exact) mass is 432 g/mol. The number of amides is 1. The third-order valence-corrected chi connectivity index (χ3v) is 4.98. The SMILES string of the molecule is [C-]#[N+]c1ccc2c(=O)c(Cc3ccccc3)c(C(NC(=O)OC(C)(C)C)C(C)C)oc2c1. The molecule has 6 nitrogen and oxygen atoms in total. The summed E-state index contributed by atoms with van der Waals surface area (Å²) in [6.45, 7) is 16.5. The second kappa shape index (κ2) is 9.27. The lowest BCUT2D eigenvalue weighted by Crippen LogP contribution is -2.37. The van der Waals surface area contributed by atoms with Gasteiger partial charge in [0.05, 0.1) is 18.0 Å². The van der Waals surface area contributed by atoms with E-state index in [-0.39, 0.29) is 11.3 Å². The summed E-state index contributed by atoms with van der Waals surface area (Å²) in [4.78, 5) is 29.5. The number of benzene rings is 2. The van der Waals surface area contributed by atoms with E-state index in [4.69, 9.17) is 15.7 Å². The zero-order valence-corrected chi connectivity index (χ0v) is 19.1. The van der Waals surface area contributed by atoms with Crippen molar-refractivity contribution in [3.05, 3.63) is 87.1 Å². The largest absolute Gasteiger partial charge is 0.460 e. The van der Waals surface area contributed by atoms with Crippen molar-refractivity contribution in [3.8, 4) is 0 Å². The Hall–Kier alpha value is -3.59. The third-order valence-electron chi connectivity index (χ3n) is 4.98. The Morgan fingerprint density at radius 1 is 1.16 bits per heavy atom. The fourth-order valence-electron chi connectivity index (χ4n) is 3.50. The lowest BCUT2D eigenvalue weighted by atomic mass is 9.93. The van der Waals surface area contributed by atoms with E-state index >= 15 is 0 Å². The molecular formula is C26H28N2O4. The van der Waals surface area contributed by atoms with Crippen LogP contribution < -0.4 is 10.7 Å². The average Bonchev–Trinajstić information content (AvgIpc) is 2.73. The van der Waals surface area contributed by atoms with E-state index < -0.39 is 17.7 Å². The normalized spacial score (nSPS) is 12.4. The van der Waals surface area contributed by atoms with Crippen molar-refractivity contribution < 1.29 is 13.9 Å². The van der Waals surface area contributed by atoms with Crippen LogP contribution in [0.2, 0.25) is 0 Å². The summed E-state index contributed by atoms with van der Waals surface area (Å²) in [6.07, 6.45) is -0.224. The molecule has 6 heteroatoms. The highest BCUT2D eigenvalue weighted by Crippen LogP contribution is 2.30. The molecule has 3 rings (SSSR count). The van der Waals surface area contributed by atoms with E-state index in [9.17, 15) is 9.59 Å². The molecule has 0 saturated carbocycles. The van der Waals surface area contributed by atoms with Gasteiger partial charge in [-0.3, -0.25) is 4.79 Å². The maximum absolute atomic E-state index is 13.5. The van der Waals surface area contributed by atoms with E-state index in [2.05, 4.69) is 10.2 Å². The zero-order chi connectivity index (χ0) is 23.5. The van der Waals surface area contributed by atoms with Gasteiger partial charge in [0.1, 0.15) is 16.9 Å². The van der Waals surface area contributed by atoms with Gasteiger partial charge in [-0.1, -0.05) is 56.3 Å². The number of carbonyl (C=O) groups excluding carboxylic acids is 1. The molecule has 0 radical (unpaired) electrons. The number of hydrogen-bond acceptors (Lipinski definition) is 4. The molecule has 0 aliphatic rings. The predicted molar refractivity (Wildman–Crippen MR) is 125 cm³/mol. The standard InChI is InChI=1S/C26H28N2O4/c1-16(2)22(28-25(30)32-26(3,4)5)24-20(14-17-10-8-7-9-11-17)23(29)19-13-12-18(27-6)15-21(19)31-24/h7-13,15-16,22H,14H2,1-5H3,(H,28,30). The maximum Gasteiger partial charge on any atom is 0.408 e. The molecule has 0 aliphatic heterocycles. The summed E-state index contributed by atoms with van der Waals surface area (Å²) in [7, 11) is 0. The van der Waals surface area contributed by atoms with Gasteiger partial charge in [-0.05, 0) is 38.3 Å². The summed E-state index contributed by atoms with van der Waals surface area (Å²) >= 11 is 0. The van der Waals surface area contributed by atoms with Gasteiger partial charge in [0, 0.05) is 12.0 Å². The van der Waals surface area contributed by atoms with Crippen LogP contribution in [0.3, 0.4) is 0 Å². The maximum atomic E-state index is 13.5. The highest BCUT2D eigenvalue weighted by atomic mass is 16.6. The van der Waals surface area contributed by atoms with Gasteiger partial charge >= 0.3 is 6.09 Å². The highest BCUT2D eigenvalue weighted by Gasteiger charge is 2.29. The van der Waals surface area contributed by atoms with E-state index in [1.807, 2.05) is 44.2 Å². The van der Waals surface area contributed by atoms with Crippen LogP contribution in [0.25, 0.3) is 15.8 Å². The van der Waals surface area contributed by atoms with Crippen LogP contribution in [-0.4, -0.2) is 11.7 Å². The lowest BCUT2D eigenvalue weighted by Gasteiger charge is -2.26. The first-order valence-corrected chi connectivity index (χ1v) is 10.6. The first-order chi connectivity index (χ1) is 15.1. The molecule has 0 bridgehead atoms. The molecule has 1 unspecified atom stereocenters. The summed E-state index contributed by atoms with van der Waals surface area (Å²) in [5.74, 6) is 0.302. The highest BCUT2D eigenvalue weighted by molar-refractivity contribution is 5.81. The van der Waals surface area contributed by atoms with Crippen molar-refractivity contribution in [2.75, 3.05) is 0 Å². The van der Waals surface area contributed by atoms with Crippen LogP contribution in [0.15, 0.2) is 57.7 Å². The lowest BCUT2D eigenvalue weighted by molar-refractivity contribution is 0.0481. The van der Waals surface area contributed by atoms with Crippen LogP contribution in [0.4, 0.5) is 10.5 Å². The van der Waals surface area contributed by atoms with E-state index in [1.54, 1.807) is 39.0 Å². The van der Waals surface area contributed by atoms with Crippen LogP contribution in [-0.2, 0) is 11.2 Å². The molecule has 1 atom stereocenters. The molecular weight excluding hydrogens is 404 g/mol. The van der Waals surface area contributed by atoms with Gasteiger partial charge in [0.25, 0.3) is 0 Å². The molecule has 0 saturated heterocycles. The van der Waals surface area contributed by atoms with E-state index in [1.165, 1.54) is 0 Å². The molecule has 1 heterocycles. The fraction of sp³-hybridized carbons (Fsp3) is 0.346. The number of fused-ring (bicyclic) bond motifs is 1. The minimum Gasteiger partial charge on any atom is -0.460 e. The average molecular weight is 433 g/mol. The zero-order valence-electron chi connectivity index (χ0n) is 19.1. The molecule has 166 valence electrons. The number of ether oxygens (including phenoxy) is 1. The summed E-state index contributed by atoms with van der Waals surface area (Å²) in [5.41, 5.74) is 1.31. The second-order valence-corrected chi connectivity index (χ2v) is 9.10. The first-order valence-electron chi connectivity index (χ1n) is 10.6. The smallest absolute Gasteiger partial charge is 0.408 e. The molecule has 1 N–H and O–H groups in total. The molecule has 1 aromatic heterocycles. The van der Waals surface area contributed by atoms with Gasteiger partial charge < -0.3 is 14.5 Å². The summed E-state index contributed by atoms with van der Waals surface area (Å²) < 4.78 is 11.7. The van der Waals surface area contributed by atoms with Gasteiger partial charge in [-0.2, -0.15) is 0 Å².